The molecule has 1 saturated carbocycles. The highest BCUT2D eigenvalue weighted by molar-refractivity contribution is 5.85. The molecule has 2 aliphatic rings. The fraction of sp³-hybridized carbons (Fsp3) is 0.538. The van der Waals surface area contributed by atoms with Crippen molar-refractivity contribution in [2.24, 2.45) is 11.1 Å². The number of nitrogens with one attached hydrogen (secondary N) is 1. The smallest absolute Gasteiger partial charge is 0.239 e. The SMILES string of the molecule is N[C@@H](Cc1ccco1)C(=O)N1CCC(Cc2ccccc2)(C(=O)NC2CCCCC2)CC1. The molecule has 0 unspecified atom stereocenters. The first-order valence-electron chi connectivity index (χ1n) is 12.0. The zero-order valence-corrected chi connectivity index (χ0v) is 18.8. The van der Waals surface area contributed by atoms with E-state index in [1.807, 2.05) is 29.2 Å². The van der Waals surface area contributed by atoms with Crippen molar-refractivity contribution >= 4 is 11.8 Å². The Bertz CT molecular complexity index is 867. The molecule has 1 aromatic carbocycles. The van der Waals surface area contributed by atoms with Gasteiger partial charge < -0.3 is 20.4 Å². The first kappa shape index (κ1) is 22.6. The summed E-state index contributed by atoms with van der Waals surface area (Å²) in [6.45, 7) is 1.10. The van der Waals surface area contributed by atoms with Gasteiger partial charge >= 0.3 is 0 Å². The normalized spacial score (nSPS) is 20.0. The first-order chi connectivity index (χ1) is 15.6. The number of nitrogens with two attached hydrogens (primary N) is 1. The van der Waals surface area contributed by atoms with Gasteiger partial charge in [-0.2, -0.15) is 0 Å². The summed E-state index contributed by atoms with van der Waals surface area (Å²) >= 11 is 0. The van der Waals surface area contributed by atoms with E-state index in [0.29, 0.717) is 44.5 Å². The van der Waals surface area contributed by atoms with Gasteiger partial charge in [0.25, 0.3) is 0 Å². The second kappa shape index (κ2) is 10.3. The topological polar surface area (TPSA) is 88.6 Å². The van der Waals surface area contributed by atoms with E-state index in [0.717, 1.165) is 12.8 Å². The monoisotopic (exact) mass is 437 g/mol. The minimum absolute atomic E-state index is 0.0672. The summed E-state index contributed by atoms with van der Waals surface area (Å²) in [5.74, 6) is 0.802. The van der Waals surface area contributed by atoms with Crippen LogP contribution >= 0.6 is 0 Å². The van der Waals surface area contributed by atoms with E-state index in [4.69, 9.17) is 10.2 Å². The van der Waals surface area contributed by atoms with Crippen molar-refractivity contribution in [1.82, 2.24) is 10.2 Å². The molecule has 3 N–H and O–H groups in total. The minimum Gasteiger partial charge on any atom is -0.469 e. The zero-order chi connectivity index (χ0) is 22.4. The average molecular weight is 438 g/mol. The van der Waals surface area contributed by atoms with Gasteiger partial charge in [0, 0.05) is 25.6 Å². The number of carbonyl (C=O) groups excluding carboxylic acids is 2. The van der Waals surface area contributed by atoms with Gasteiger partial charge in [-0.1, -0.05) is 49.6 Å². The van der Waals surface area contributed by atoms with Crippen LogP contribution in [-0.4, -0.2) is 41.9 Å². The van der Waals surface area contributed by atoms with Gasteiger partial charge in [-0.05, 0) is 49.8 Å². The van der Waals surface area contributed by atoms with Crippen molar-refractivity contribution in [1.29, 1.82) is 0 Å². The largest absolute Gasteiger partial charge is 0.469 e. The minimum atomic E-state index is -0.626. The lowest BCUT2D eigenvalue weighted by Crippen LogP contribution is -2.55. The van der Waals surface area contributed by atoms with Gasteiger partial charge in [0.2, 0.25) is 11.8 Å². The first-order valence-corrected chi connectivity index (χ1v) is 12.0. The van der Waals surface area contributed by atoms with Gasteiger partial charge in [0.1, 0.15) is 5.76 Å². The van der Waals surface area contributed by atoms with Gasteiger partial charge in [0.05, 0.1) is 17.7 Å². The Kier molecular flexibility index (Phi) is 7.30. The van der Waals surface area contributed by atoms with Crippen LogP contribution in [-0.2, 0) is 22.4 Å². The molecule has 0 bridgehead atoms. The maximum absolute atomic E-state index is 13.6. The lowest BCUT2D eigenvalue weighted by molar-refractivity contribution is -0.142. The van der Waals surface area contributed by atoms with Crippen LogP contribution in [0.5, 0.6) is 0 Å². The Morgan fingerprint density at radius 2 is 1.78 bits per heavy atom. The van der Waals surface area contributed by atoms with E-state index >= 15 is 0 Å². The second-order valence-electron chi connectivity index (χ2n) is 9.47. The number of amides is 2. The molecule has 1 aromatic heterocycles. The lowest BCUT2D eigenvalue weighted by Gasteiger charge is -2.42. The zero-order valence-electron chi connectivity index (χ0n) is 18.8. The highest BCUT2D eigenvalue weighted by atomic mass is 16.3. The molecule has 2 heterocycles. The van der Waals surface area contributed by atoms with Crippen LogP contribution in [0, 0.1) is 5.41 Å². The van der Waals surface area contributed by atoms with Gasteiger partial charge in [-0.25, -0.2) is 0 Å². The molecule has 1 aliphatic carbocycles. The molecule has 1 aliphatic heterocycles. The molecule has 1 saturated heterocycles. The Morgan fingerprint density at radius 1 is 1.06 bits per heavy atom. The molecular formula is C26H35N3O3. The number of benzene rings is 1. The average Bonchev–Trinajstić information content (AvgIpc) is 3.33. The summed E-state index contributed by atoms with van der Waals surface area (Å²) in [4.78, 5) is 28.3. The highest BCUT2D eigenvalue weighted by Crippen LogP contribution is 2.36. The third-order valence-corrected chi connectivity index (χ3v) is 7.16. The van der Waals surface area contributed by atoms with Crippen molar-refractivity contribution in [2.75, 3.05) is 13.1 Å². The fourth-order valence-corrected chi connectivity index (χ4v) is 5.18. The summed E-state index contributed by atoms with van der Waals surface area (Å²) in [7, 11) is 0. The fourth-order valence-electron chi connectivity index (χ4n) is 5.18. The van der Waals surface area contributed by atoms with E-state index in [1.54, 1.807) is 12.3 Å². The molecule has 2 aromatic rings. The number of nitrogens with zero attached hydrogens (tertiary/aromatic N) is 1. The van der Waals surface area contributed by atoms with E-state index in [-0.39, 0.29) is 17.9 Å². The number of rotatable bonds is 7. The lowest BCUT2D eigenvalue weighted by atomic mass is 9.72. The van der Waals surface area contributed by atoms with Gasteiger partial charge in [-0.15, -0.1) is 0 Å². The van der Waals surface area contributed by atoms with E-state index < -0.39 is 11.5 Å². The van der Waals surface area contributed by atoms with Crippen molar-refractivity contribution in [2.45, 2.75) is 69.9 Å². The van der Waals surface area contributed by atoms with Crippen molar-refractivity contribution in [3.63, 3.8) is 0 Å². The number of furan rings is 1. The summed E-state index contributed by atoms with van der Waals surface area (Å²) in [5.41, 5.74) is 6.87. The maximum atomic E-state index is 13.6. The highest BCUT2D eigenvalue weighted by Gasteiger charge is 2.43. The Hall–Kier alpha value is -2.60. The van der Waals surface area contributed by atoms with Gasteiger partial charge in [0.15, 0.2) is 0 Å². The van der Waals surface area contributed by atoms with Gasteiger partial charge in [-0.3, -0.25) is 9.59 Å². The van der Waals surface area contributed by atoms with Crippen LogP contribution in [0.2, 0.25) is 0 Å². The molecule has 2 amide bonds. The predicted octanol–water partition coefficient (Wildman–Crippen LogP) is 3.45. The van der Waals surface area contributed by atoms with Crippen molar-refractivity contribution in [3.05, 3.63) is 60.1 Å². The molecule has 1 atom stereocenters. The summed E-state index contributed by atoms with van der Waals surface area (Å²) in [6, 6.07) is 13.5. The van der Waals surface area contributed by atoms with Crippen LogP contribution in [0.15, 0.2) is 53.1 Å². The molecule has 6 heteroatoms. The van der Waals surface area contributed by atoms with E-state index in [9.17, 15) is 9.59 Å². The van der Waals surface area contributed by atoms with Crippen molar-refractivity contribution in [3.8, 4) is 0 Å². The Labute approximate surface area is 190 Å². The predicted molar refractivity (Wildman–Crippen MR) is 124 cm³/mol. The Morgan fingerprint density at radius 3 is 2.44 bits per heavy atom. The third-order valence-electron chi connectivity index (χ3n) is 7.16. The molecule has 0 spiro atoms. The third kappa shape index (κ3) is 5.41. The summed E-state index contributed by atoms with van der Waals surface area (Å²) < 4.78 is 5.34. The summed E-state index contributed by atoms with van der Waals surface area (Å²) in [5, 5.41) is 3.37. The molecule has 172 valence electrons. The van der Waals surface area contributed by atoms with Crippen LogP contribution in [0.3, 0.4) is 0 Å². The molecule has 4 rings (SSSR count). The second-order valence-corrected chi connectivity index (χ2v) is 9.47. The molecular weight excluding hydrogens is 402 g/mol. The van der Waals surface area contributed by atoms with Crippen LogP contribution in [0.4, 0.5) is 0 Å². The molecule has 32 heavy (non-hydrogen) atoms. The van der Waals surface area contributed by atoms with Crippen molar-refractivity contribution < 1.29 is 14.0 Å². The molecule has 2 fully saturated rings. The molecule has 0 radical (unpaired) electrons. The van der Waals surface area contributed by atoms with Crippen LogP contribution in [0.1, 0.15) is 56.3 Å². The maximum Gasteiger partial charge on any atom is 0.239 e. The molecule has 6 nitrogen and oxygen atoms in total. The van der Waals surface area contributed by atoms with E-state index in [2.05, 4.69) is 17.4 Å². The number of hydrogen-bond donors (Lipinski definition) is 2. The standard InChI is InChI=1S/C26H35N3O3/c27-23(18-22-12-7-17-32-22)24(30)29-15-13-26(14-16-29,19-20-8-3-1-4-9-20)25(31)28-21-10-5-2-6-11-21/h1,3-4,7-9,12,17,21,23H,2,5-6,10-11,13-16,18-19,27H2,(H,28,31)/t23-/m0/s1. The number of hydrogen-bond acceptors (Lipinski definition) is 4. The van der Waals surface area contributed by atoms with Crippen LogP contribution in [0.25, 0.3) is 0 Å². The van der Waals surface area contributed by atoms with Crippen LogP contribution < -0.4 is 11.1 Å². The summed E-state index contributed by atoms with van der Waals surface area (Å²) in [6.07, 6.45) is 9.76. The Balaban J connectivity index is 1.43. The number of carbonyl (C=O) groups is 2. The van der Waals surface area contributed by atoms with E-state index in [1.165, 1.54) is 24.8 Å². The number of likely N-dealkylation sites (tertiary alicyclic amines) is 1. The number of piperidine rings is 1. The quantitative estimate of drug-likeness (QED) is 0.694.